The van der Waals surface area contributed by atoms with Crippen LogP contribution in [0.4, 0.5) is 11.4 Å². The van der Waals surface area contributed by atoms with Gasteiger partial charge in [0.1, 0.15) is 0 Å². The van der Waals surface area contributed by atoms with Crippen molar-refractivity contribution in [2.75, 3.05) is 22.9 Å². The third-order valence-corrected chi connectivity index (χ3v) is 5.25. The van der Waals surface area contributed by atoms with Crippen LogP contribution < -0.4 is 16.0 Å². The number of hydrogen-bond acceptors (Lipinski definition) is 5. The fourth-order valence-electron chi connectivity index (χ4n) is 2.63. The van der Waals surface area contributed by atoms with Crippen LogP contribution in [0, 0.1) is 18.3 Å². The second-order valence-corrected chi connectivity index (χ2v) is 7.64. The number of thioether (sulfide) groups is 1. The molecule has 0 bridgehead atoms. The fourth-order valence-corrected chi connectivity index (χ4v) is 3.30. The summed E-state index contributed by atoms with van der Waals surface area (Å²) in [6, 6.07) is 15.2. The average molecular weight is 395 g/mol. The molecule has 0 atom stereocenters. The molecule has 3 N–H and O–H groups in total. The van der Waals surface area contributed by atoms with Gasteiger partial charge in [-0.3, -0.25) is 9.59 Å². The molecule has 6 nitrogen and oxygen atoms in total. The third-order valence-electron chi connectivity index (χ3n) is 4.31. The highest BCUT2D eigenvalue weighted by Gasteiger charge is 2.24. The molecule has 1 aliphatic rings. The van der Waals surface area contributed by atoms with Crippen molar-refractivity contribution in [3.63, 3.8) is 0 Å². The summed E-state index contributed by atoms with van der Waals surface area (Å²) in [4.78, 5) is 25.4. The molecule has 1 saturated carbocycles. The van der Waals surface area contributed by atoms with Gasteiger partial charge in [-0.15, -0.1) is 11.8 Å². The van der Waals surface area contributed by atoms with Crippen LogP contribution in [-0.4, -0.2) is 30.2 Å². The molecule has 0 aliphatic heterocycles. The number of amides is 2. The normalized spacial score (nSPS) is 12.7. The predicted molar refractivity (Wildman–Crippen MR) is 112 cm³/mol. The maximum Gasteiger partial charge on any atom is 0.251 e. The summed E-state index contributed by atoms with van der Waals surface area (Å²) >= 11 is 1.38. The van der Waals surface area contributed by atoms with Gasteiger partial charge in [0.25, 0.3) is 5.91 Å². The van der Waals surface area contributed by atoms with E-state index in [4.69, 9.17) is 5.26 Å². The number of carbonyl (C=O) groups excluding carboxylic acids is 2. The van der Waals surface area contributed by atoms with E-state index in [0.29, 0.717) is 23.0 Å². The summed E-state index contributed by atoms with van der Waals surface area (Å²) in [7, 11) is 0. The van der Waals surface area contributed by atoms with E-state index in [0.717, 1.165) is 29.0 Å². The van der Waals surface area contributed by atoms with Crippen LogP contribution in [0.5, 0.6) is 0 Å². The Hall–Kier alpha value is -2.98. The smallest absolute Gasteiger partial charge is 0.251 e. The molecule has 2 aromatic carbocycles. The van der Waals surface area contributed by atoms with Gasteiger partial charge >= 0.3 is 0 Å². The van der Waals surface area contributed by atoms with Crippen LogP contribution in [-0.2, 0) is 4.79 Å². The molecule has 0 spiro atoms. The van der Waals surface area contributed by atoms with Gasteiger partial charge in [-0.2, -0.15) is 5.26 Å². The molecule has 0 aromatic heterocycles. The second-order valence-electron chi connectivity index (χ2n) is 6.62. The lowest BCUT2D eigenvalue weighted by Gasteiger charge is -2.13. The molecule has 144 valence electrons. The summed E-state index contributed by atoms with van der Waals surface area (Å²) in [5.74, 6) is 0.0377. The fraction of sp³-hybridized carbons (Fsp3) is 0.286. The number of aryl methyl sites for hydroxylation is 1. The van der Waals surface area contributed by atoms with E-state index in [2.05, 4.69) is 22.0 Å². The van der Waals surface area contributed by atoms with Gasteiger partial charge in [-0.1, -0.05) is 18.2 Å². The Morgan fingerprint density at radius 1 is 1.18 bits per heavy atom. The van der Waals surface area contributed by atoms with Gasteiger partial charge in [0.2, 0.25) is 5.91 Å². The highest BCUT2D eigenvalue weighted by Crippen LogP contribution is 2.26. The van der Waals surface area contributed by atoms with Crippen LogP contribution in [0.3, 0.4) is 0 Å². The molecule has 2 aromatic rings. The molecule has 0 unspecified atom stereocenters. The highest BCUT2D eigenvalue weighted by atomic mass is 32.2. The molecular formula is C21H22N4O2S. The second kappa shape index (κ2) is 9.29. The number of anilines is 2. The Morgan fingerprint density at radius 3 is 2.71 bits per heavy atom. The maximum atomic E-state index is 12.4. The molecule has 0 heterocycles. The summed E-state index contributed by atoms with van der Waals surface area (Å²) in [5.41, 5.74) is 2.98. The van der Waals surface area contributed by atoms with Crippen molar-refractivity contribution in [2.45, 2.75) is 30.7 Å². The number of nitrogens with one attached hydrogen (secondary N) is 3. The first kappa shape index (κ1) is 19.8. The SMILES string of the molecule is Cc1ccc(C(=O)NC2CC2)cc1NCC(=O)Nc1ccccc1SCC#N. The Labute approximate surface area is 168 Å². The Kier molecular flexibility index (Phi) is 6.56. The lowest BCUT2D eigenvalue weighted by molar-refractivity contribution is -0.114. The zero-order chi connectivity index (χ0) is 19.9. The van der Waals surface area contributed by atoms with Crippen molar-refractivity contribution in [3.05, 3.63) is 53.6 Å². The van der Waals surface area contributed by atoms with Gasteiger partial charge in [0.05, 0.1) is 24.1 Å². The lowest BCUT2D eigenvalue weighted by atomic mass is 10.1. The molecular weight excluding hydrogens is 372 g/mol. The van der Waals surface area contributed by atoms with Crippen molar-refractivity contribution in [2.24, 2.45) is 0 Å². The number of nitrogens with zero attached hydrogens (tertiary/aromatic N) is 1. The minimum Gasteiger partial charge on any atom is -0.376 e. The monoisotopic (exact) mass is 394 g/mol. The van der Waals surface area contributed by atoms with E-state index in [9.17, 15) is 9.59 Å². The zero-order valence-electron chi connectivity index (χ0n) is 15.6. The maximum absolute atomic E-state index is 12.4. The van der Waals surface area contributed by atoms with Crippen molar-refractivity contribution >= 4 is 35.0 Å². The number of rotatable bonds is 8. The first-order valence-electron chi connectivity index (χ1n) is 9.11. The number of para-hydroxylation sites is 1. The summed E-state index contributed by atoms with van der Waals surface area (Å²) in [6.07, 6.45) is 2.08. The minimum absolute atomic E-state index is 0.0752. The summed E-state index contributed by atoms with van der Waals surface area (Å²) in [6.45, 7) is 2.00. The van der Waals surface area contributed by atoms with E-state index in [1.165, 1.54) is 11.8 Å². The van der Waals surface area contributed by atoms with Gasteiger partial charge in [0.15, 0.2) is 0 Å². The van der Waals surface area contributed by atoms with Crippen LogP contribution in [0.25, 0.3) is 0 Å². The molecule has 0 radical (unpaired) electrons. The van der Waals surface area contributed by atoms with E-state index in [-0.39, 0.29) is 18.4 Å². The summed E-state index contributed by atoms with van der Waals surface area (Å²) < 4.78 is 0. The molecule has 28 heavy (non-hydrogen) atoms. The third kappa shape index (κ3) is 5.51. The standard InChI is InChI=1S/C21H22N4O2S/c1-14-6-7-15(21(27)24-16-8-9-16)12-18(14)23-13-20(26)25-17-4-2-3-5-19(17)28-11-10-22/h2-7,12,16,23H,8-9,11,13H2,1H3,(H,24,27)(H,25,26). The molecule has 1 fully saturated rings. The Morgan fingerprint density at radius 2 is 1.96 bits per heavy atom. The van der Waals surface area contributed by atoms with Crippen molar-refractivity contribution in [1.82, 2.24) is 5.32 Å². The predicted octanol–water partition coefficient (Wildman–Crippen LogP) is 3.55. The van der Waals surface area contributed by atoms with Crippen molar-refractivity contribution in [3.8, 4) is 6.07 Å². The van der Waals surface area contributed by atoms with E-state index in [1.807, 2.05) is 37.3 Å². The van der Waals surface area contributed by atoms with Crippen molar-refractivity contribution in [1.29, 1.82) is 5.26 Å². The number of carbonyl (C=O) groups is 2. The van der Waals surface area contributed by atoms with E-state index in [1.54, 1.807) is 12.1 Å². The lowest BCUT2D eigenvalue weighted by Crippen LogP contribution is -2.26. The van der Waals surface area contributed by atoms with Gasteiger partial charge < -0.3 is 16.0 Å². The average Bonchev–Trinajstić information content (AvgIpc) is 3.50. The van der Waals surface area contributed by atoms with Gasteiger partial charge in [-0.25, -0.2) is 0 Å². The van der Waals surface area contributed by atoms with Gasteiger partial charge in [-0.05, 0) is 49.6 Å². The van der Waals surface area contributed by atoms with Gasteiger partial charge in [0, 0.05) is 22.2 Å². The zero-order valence-corrected chi connectivity index (χ0v) is 16.4. The first-order chi connectivity index (χ1) is 13.6. The minimum atomic E-state index is -0.197. The molecule has 2 amide bonds. The van der Waals surface area contributed by atoms with Crippen LogP contribution in [0.15, 0.2) is 47.4 Å². The van der Waals surface area contributed by atoms with Crippen LogP contribution in [0.2, 0.25) is 0 Å². The number of hydrogen-bond donors (Lipinski definition) is 3. The van der Waals surface area contributed by atoms with E-state index >= 15 is 0 Å². The Bertz CT molecular complexity index is 919. The first-order valence-corrected chi connectivity index (χ1v) is 10.1. The number of benzene rings is 2. The van der Waals surface area contributed by atoms with E-state index < -0.39 is 0 Å². The molecule has 1 aliphatic carbocycles. The Balaban J connectivity index is 1.60. The van der Waals surface area contributed by atoms with Crippen LogP contribution >= 0.6 is 11.8 Å². The molecule has 0 saturated heterocycles. The molecule has 3 rings (SSSR count). The topological polar surface area (TPSA) is 94.0 Å². The quantitative estimate of drug-likeness (QED) is 0.595. The largest absolute Gasteiger partial charge is 0.376 e. The highest BCUT2D eigenvalue weighted by molar-refractivity contribution is 7.99. The van der Waals surface area contributed by atoms with Crippen molar-refractivity contribution < 1.29 is 9.59 Å². The summed E-state index contributed by atoms with van der Waals surface area (Å²) in [5, 5.41) is 17.7. The van der Waals surface area contributed by atoms with Crippen LogP contribution in [0.1, 0.15) is 28.8 Å². The molecule has 7 heteroatoms. The number of nitriles is 1.